The van der Waals surface area contributed by atoms with Gasteiger partial charge in [0, 0.05) is 25.7 Å². The molecule has 4 N–H and O–H groups in total. The summed E-state index contributed by atoms with van der Waals surface area (Å²) in [7, 11) is 0. The second-order valence-electron chi connectivity index (χ2n) is 12.8. The molecule has 232 valence electrons. The van der Waals surface area contributed by atoms with E-state index in [-0.39, 0.29) is 23.0 Å². The van der Waals surface area contributed by atoms with E-state index in [0.29, 0.717) is 25.7 Å². The highest BCUT2D eigenvalue weighted by molar-refractivity contribution is 5.57. The van der Waals surface area contributed by atoms with E-state index in [9.17, 15) is 20.4 Å². The van der Waals surface area contributed by atoms with Gasteiger partial charge in [0.15, 0.2) is 0 Å². The van der Waals surface area contributed by atoms with Crippen LogP contribution in [0, 0.1) is 0 Å². The first kappa shape index (κ1) is 31.5. The molecule has 4 aromatic carbocycles. The van der Waals surface area contributed by atoms with Crippen molar-refractivity contribution in [2.75, 3.05) is 0 Å². The predicted molar refractivity (Wildman–Crippen MR) is 180 cm³/mol. The number of rotatable bonds is 8. The highest BCUT2D eigenvalue weighted by atomic mass is 16.3. The van der Waals surface area contributed by atoms with Crippen molar-refractivity contribution in [3.63, 3.8) is 0 Å². The van der Waals surface area contributed by atoms with Gasteiger partial charge in [-0.15, -0.1) is 0 Å². The molecule has 5 rings (SSSR count). The number of phenolic OH excluding ortho intramolecular Hbond substituents is 4. The fourth-order valence-corrected chi connectivity index (χ4v) is 6.96. The van der Waals surface area contributed by atoms with Gasteiger partial charge in [0.1, 0.15) is 23.0 Å². The van der Waals surface area contributed by atoms with Crippen molar-refractivity contribution < 1.29 is 20.4 Å². The predicted octanol–water partition coefficient (Wildman–Crippen LogP) is 9.00. The molecule has 4 heteroatoms. The monoisotopic (exact) mass is 592 g/mol. The van der Waals surface area contributed by atoms with Crippen LogP contribution in [-0.4, -0.2) is 20.4 Å². The molecule has 0 amide bonds. The number of hydrogen-bond acceptors (Lipinski definition) is 4. The molecule has 0 atom stereocenters. The molecular formula is C40H48O4. The summed E-state index contributed by atoms with van der Waals surface area (Å²) in [6.07, 6.45) is 9.04. The smallest absolute Gasteiger partial charge is 0.122 e. The topological polar surface area (TPSA) is 80.9 Å². The van der Waals surface area contributed by atoms with Gasteiger partial charge in [0.2, 0.25) is 0 Å². The zero-order chi connectivity index (χ0) is 31.4. The SMILES string of the molecule is CCCc1cc2c(O)c(c1)Cc1cc(CCC)cc(c1O)Cc1cc(CCC)cc(c1O)Cc1cc(CCC)cc(c1O)C2. The van der Waals surface area contributed by atoms with E-state index in [4.69, 9.17) is 0 Å². The van der Waals surface area contributed by atoms with Crippen molar-refractivity contribution in [2.24, 2.45) is 0 Å². The first-order valence-corrected chi connectivity index (χ1v) is 16.6. The normalized spacial score (nSPS) is 12.8. The Morgan fingerprint density at radius 3 is 0.636 bits per heavy atom. The van der Waals surface area contributed by atoms with Gasteiger partial charge in [-0.3, -0.25) is 0 Å². The fraction of sp³-hybridized carbons (Fsp3) is 0.400. The van der Waals surface area contributed by atoms with E-state index in [0.717, 1.165) is 118 Å². The molecule has 1 aliphatic carbocycles. The van der Waals surface area contributed by atoms with Crippen LogP contribution in [0.4, 0.5) is 0 Å². The van der Waals surface area contributed by atoms with E-state index in [1.807, 2.05) is 0 Å². The van der Waals surface area contributed by atoms with Crippen molar-refractivity contribution in [3.8, 4) is 23.0 Å². The molecule has 0 fully saturated rings. The van der Waals surface area contributed by atoms with Crippen LogP contribution < -0.4 is 0 Å². The summed E-state index contributed by atoms with van der Waals surface area (Å²) in [6.45, 7) is 8.61. The zero-order valence-electron chi connectivity index (χ0n) is 26.9. The van der Waals surface area contributed by atoms with Crippen molar-refractivity contribution >= 4 is 0 Å². The van der Waals surface area contributed by atoms with Gasteiger partial charge >= 0.3 is 0 Å². The van der Waals surface area contributed by atoms with Gasteiger partial charge in [0.25, 0.3) is 0 Å². The van der Waals surface area contributed by atoms with Crippen LogP contribution in [0.25, 0.3) is 0 Å². The molecule has 8 bridgehead atoms. The summed E-state index contributed by atoms with van der Waals surface area (Å²) in [5, 5.41) is 46.7. The Morgan fingerprint density at radius 2 is 0.500 bits per heavy atom. The number of fused-ring (bicyclic) bond motifs is 8. The molecule has 44 heavy (non-hydrogen) atoms. The van der Waals surface area contributed by atoms with Gasteiger partial charge in [-0.25, -0.2) is 0 Å². The first-order chi connectivity index (χ1) is 21.2. The summed E-state index contributed by atoms with van der Waals surface area (Å²) in [5.41, 5.74) is 10.9. The third kappa shape index (κ3) is 6.75. The van der Waals surface area contributed by atoms with E-state index in [2.05, 4.69) is 76.2 Å². The van der Waals surface area contributed by atoms with E-state index in [1.165, 1.54) is 0 Å². The van der Waals surface area contributed by atoms with Gasteiger partial charge in [0.05, 0.1) is 0 Å². The third-order valence-electron chi connectivity index (χ3n) is 8.99. The molecule has 0 saturated heterocycles. The Kier molecular flexibility index (Phi) is 9.88. The Balaban J connectivity index is 1.79. The quantitative estimate of drug-likeness (QED) is 0.145. The van der Waals surface area contributed by atoms with E-state index in [1.54, 1.807) is 0 Å². The van der Waals surface area contributed by atoms with Crippen LogP contribution in [0.2, 0.25) is 0 Å². The first-order valence-electron chi connectivity index (χ1n) is 16.6. The van der Waals surface area contributed by atoms with Gasteiger partial charge in [-0.05, 0) is 92.4 Å². The van der Waals surface area contributed by atoms with Crippen LogP contribution >= 0.6 is 0 Å². The van der Waals surface area contributed by atoms with Crippen LogP contribution in [0.3, 0.4) is 0 Å². The second kappa shape index (κ2) is 13.8. The minimum atomic E-state index is 0.229. The number of aryl methyl sites for hydroxylation is 4. The summed E-state index contributed by atoms with van der Waals surface area (Å²) in [6, 6.07) is 16.6. The molecular weight excluding hydrogens is 544 g/mol. The zero-order valence-corrected chi connectivity index (χ0v) is 26.9. The van der Waals surface area contributed by atoms with Crippen LogP contribution in [-0.2, 0) is 51.4 Å². The number of hydrogen-bond donors (Lipinski definition) is 4. The van der Waals surface area contributed by atoms with Crippen molar-refractivity contribution in [2.45, 2.75) is 105 Å². The minimum absolute atomic E-state index is 0.229. The molecule has 0 aromatic heterocycles. The molecule has 0 spiro atoms. The van der Waals surface area contributed by atoms with E-state index < -0.39 is 0 Å². The summed E-state index contributed by atoms with van der Waals surface area (Å²) < 4.78 is 0. The summed E-state index contributed by atoms with van der Waals surface area (Å²) in [5.74, 6) is 0.917. The number of phenols is 4. The van der Waals surface area contributed by atoms with Gasteiger partial charge in [-0.2, -0.15) is 0 Å². The lowest BCUT2D eigenvalue weighted by Crippen LogP contribution is -2.04. The lowest BCUT2D eigenvalue weighted by atomic mass is 9.87. The molecule has 1 aliphatic rings. The molecule has 0 unspecified atom stereocenters. The van der Waals surface area contributed by atoms with Crippen molar-refractivity contribution in [1.82, 2.24) is 0 Å². The molecule has 0 aliphatic heterocycles. The third-order valence-corrected chi connectivity index (χ3v) is 8.99. The Labute approximate surface area is 263 Å². The summed E-state index contributed by atoms with van der Waals surface area (Å²) in [4.78, 5) is 0. The summed E-state index contributed by atoms with van der Waals surface area (Å²) >= 11 is 0. The van der Waals surface area contributed by atoms with Gasteiger partial charge in [-0.1, -0.05) is 102 Å². The number of aromatic hydroxyl groups is 4. The Hall–Kier alpha value is -3.92. The standard InChI is InChI=1S/C40H48O4/c1-5-9-25-13-29-21-31-15-26(10-6-2)17-33(38(31)42)23-35-19-28(12-8-4)20-36(40(35)44)24-34-18-27(11-7-3)16-32(39(34)43)22-30(14-25)37(29)41/h13-20,41-44H,5-12,21-24H2,1-4H3. The molecule has 0 radical (unpaired) electrons. The average Bonchev–Trinajstić information content (AvgIpc) is 2.98. The second-order valence-corrected chi connectivity index (χ2v) is 12.8. The lowest BCUT2D eigenvalue weighted by molar-refractivity contribution is 0.450. The number of benzene rings is 4. The molecule has 0 heterocycles. The molecule has 4 nitrogen and oxygen atoms in total. The molecule has 4 aromatic rings. The highest BCUT2D eigenvalue weighted by Crippen LogP contribution is 2.39. The van der Waals surface area contributed by atoms with Crippen LogP contribution in [0.15, 0.2) is 48.5 Å². The van der Waals surface area contributed by atoms with Crippen LogP contribution in [0.5, 0.6) is 23.0 Å². The highest BCUT2D eigenvalue weighted by Gasteiger charge is 2.21. The lowest BCUT2D eigenvalue weighted by Gasteiger charge is -2.20. The van der Waals surface area contributed by atoms with Crippen LogP contribution in [0.1, 0.15) is 120 Å². The van der Waals surface area contributed by atoms with Crippen molar-refractivity contribution in [3.05, 3.63) is 115 Å². The maximum Gasteiger partial charge on any atom is 0.122 e. The average molecular weight is 593 g/mol. The fourth-order valence-electron chi connectivity index (χ4n) is 6.96. The Bertz CT molecular complexity index is 1310. The minimum Gasteiger partial charge on any atom is -0.507 e. The molecule has 0 saturated carbocycles. The van der Waals surface area contributed by atoms with Crippen molar-refractivity contribution in [1.29, 1.82) is 0 Å². The Morgan fingerprint density at radius 1 is 0.341 bits per heavy atom. The maximum atomic E-state index is 11.7. The van der Waals surface area contributed by atoms with E-state index >= 15 is 0 Å². The largest absolute Gasteiger partial charge is 0.507 e. The maximum absolute atomic E-state index is 11.7. The van der Waals surface area contributed by atoms with Gasteiger partial charge < -0.3 is 20.4 Å².